The molecule has 0 saturated carbocycles. The summed E-state index contributed by atoms with van der Waals surface area (Å²) in [6.07, 6.45) is 0. The fraction of sp³-hybridized carbons (Fsp3) is 0.0333. The van der Waals surface area contributed by atoms with Gasteiger partial charge in [0.1, 0.15) is 0 Å². The van der Waals surface area contributed by atoms with Crippen molar-refractivity contribution < 1.29 is 9.53 Å². The van der Waals surface area contributed by atoms with Crippen LogP contribution in [0.4, 0.5) is 17.1 Å². The minimum atomic E-state index is -0.416. The zero-order chi connectivity index (χ0) is 23.5. The normalized spacial score (nSPS) is 10.8. The minimum absolute atomic E-state index is 0.416. The minimum Gasteiger partial charge on any atom is -0.465 e. The Morgan fingerprint density at radius 3 is 1.85 bits per heavy atom. The summed E-state index contributed by atoms with van der Waals surface area (Å²) in [4.78, 5) is 14.8. The maximum absolute atomic E-state index is 12.6. The number of fused-ring (bicyclic) bond motifs is 1. The zero-order valence-corrected chi connectivity index (χ0v) is 19.4. The van der Waals surface area contributed by atoms with Crippen LogP contribution >= 0.6 is 11.6 Å². The summed E-state index contributed by atoms with van der Waals surface area (Å²) >= 11 is 6.21. The van der Waals surface area contributed by atoms with Gasteiger partial charge >= 0.3 is 5.97 Å². The molecular formula is C30H22ClNO2. The van der Waals surface area contributed by atoms with E-state index in [1.54, 1.807) is 12.1 Å². The van der Waals surface area contributed by atoms with Gasteiger partial charge in [0.25, 0.3) is 0 Å². The molecule has 5 aromatic carbocycles. The van der Waals surface area contributed by atoms with Crippen molar-refractivity contribution in [2.24, 2.45) is 0 Å². The maximum Gasteiger partial charge on any atom is 0.338 e. The number of para-hydroxylation sites is 2. The highest BCUT2D eigenvalue weighted by Gasteiger charge is 2.20. The highest BCUT2D eigenvalue weighted by molar-refractivity contribution is 6.31. The van der Waals surface area contributed by atoms with E-state index in [4.69, 9.17) is 16.3 Å². The Balaban J connectivity index is 1.77. The number of hydrogen-bond acceptors (Lipinski definition) is 3. The van der Waals surface area contributed by atoms with E-state index in [1.807, 2.05) is 54.6 Å². The quantitative estimate of drug-likeness (QED) is 0.245. The third-order valence-corrected chi connectivity index (χ3v) is 6.08. The molecule has 0 unspecified atom stereocenters. The Kier molecular flexibility index (Phi) is 6.03. The molecule has 0 bridgehead atoms. The Labute approximate surface area is 203 Å². The molecule has 4 heteroatoms. The van der Waals surface area contributed by atoms with Crippen molar-refractivity contribution in [1.29, 1.82) is 0 Å². The fourth-order valence-corrected chi connectivity index (χ4v) is 4.50. The summed E-state index contributed by atoms with van der Waals surface area (Å²) in [6, 6.07) is 38.3. The van der Waals surface area contributed by atoms with Crippen molar-refractivity contribution in [2.75, 3.05) is 12.0 Å². The van der Waals surface area contributed by atoms with Crippen LogP contribution in [0.5, 0.6) is 0 Å². The molecule has 0 spiro atoms. The van der Waals surface area contributed by atoms with Crippen molar-refractivity contribution in [3.05, 3.63) is 126 Å². The number of rotatable bonds is 5. The molecule has 5 rings (SSSR count). The van der Waals surface area contributed by atoms with Crippen LogP contribution in [0, 0.1) is 0 Å². The number of carbonyl (C=O) groups excluding carboxylic acids is 1. The Morgan fingerprint density at radius 2 is 1.24 bits per heavy atom. The van der Waals surface area contributed by atoms with Gasteiger partial charge < -0.3 is 9.64 Å². The molecule has 5 aromatic rings. The third kappa shape index (κ3) is 4.02. The van der Waals surface area contributed by atoms with Crippen molar-refractivity contribution in [3.8, 4) is 11.1 Å². The number of halogens is 1. The van der Waals surface area contributed by atoms with Crippen LogP contribution in [0.15, 0.2) is 115 Å². The van der Waals surface area contributed by atoms with E-state index in [9.17, 15) is 4.79 Å². The Hall–Kier alpha value is -4.08. The number of methoxy groups -OCH3 is 1. The molecule has 0 aliphatic carbocycles. The van der Waals surface area contributed by atoms with Crippen LogP contribution < -0.4 is 4.90 Å². The second-order valence-electron chi connectivity index (χ2n) is 7.87. The lowest BCUT2D eigenvalue weighted by atomic mass is 9.93. The van der Waals surface area contributed by atoms with Crippen molar-refractivity contribution in [2.45, 2.75) is 0 Å². The molecule has 34 heavy (non-hydrogen) atoms. The van der Waals surface area contributed by atoms with Gasteiger partial charge in [0.05, 0.1) is 18.4 Å². The number of esters is 1. The third-order valence-electron chi connectivity index (χ3n) is 5.85. The number of ether oxygens (including phenoxy) is 1. The maximum atomic E-state index is 12.6. The van der Waals surface area contributed by atoms with Gasteiger partial charge in [-0.3, -0.25) is 0 Å². The fourth-order valence-electron chi connectivity index (χ4n) is 4.32. The average Bonchev–Trinajstić information content (AvgIpc) is 2.90. The summed E-state index contributed by atoms with van der Waals surface area (Å²) in [5, 5.41) is 2.59. The van der Waals surface area contributed by atoms with E-state index in [0.717, 1.165) is 39.0 Å². The molecule has 0 saturated heterocycles. The molecule has 0 aromatic heterocycles. The van der Waals surface area contributed by atoms with Gasteiger partial charge in [0, 0.05) is 21.8 Å². The Morgan fingerprint density at radius 1 is 0.676 bits per heavy atom. The number of benzene rings is 5. The number of anilines is 3. The number of hydrogen-bond donors (Lipinski definition) is 0. The molecular weight excluding hydrogens is 442 g/mol. The van der Waals surface area contributed by atoms with Crippen LogP contribution in [-0.4, -0.2) is 13.1 Å². The first-order valence-electron chi connectivity index (χ1n) is 11.0. The van der Waals surface area contributed by atoms with Gasteiger partial charge in [-0.15, -0.1) is 0 Å². The lowest BCUT2D eigenvalue weighted by Crippen LogP contribution is -2.10. The lowest BCUT2D eigenvalue weighted by molar-refractivity contribution is 0.0601. The summed E-state index contributed by atoms with van der Waals surface area (Å²) in [5.41, 5.74) is 5.34. The number of nitrogens with zero attached hydrogens (tertiary/aromatic N) is 1. The second-order valence-corrected chi connectivity index (χ2v) is 8.30. The van der Waals surface area contributed by atoms with E-state index in [0.29, 0.717) is 10.6 Å². The van der Waals surface area contributed by atoms with E-state index in [-0.39, 0.29) is 0 Å². The molecule has 0 fully saturated rings. The van der Waals surface area contributed by atoms with E-state index < -0.39 is 5.97 Å². The van der Waals surface area contributed by atoms with Crippen LogP contribution in [0.3, 0.4) is 0 Å². The first-order chi connectivity index (χ1) is 16.7. The zero-order valence-electron chi connectivity index (χ0n) is 18.6. The van der Waals surface area contributed by atoms with E-state index in [1.165, 1.54) is 7.11 Å². The molecule has 0 radical (unpaired) electrons. The summed E-state index contributed by atoms with van der Waals surface area (Å²) in [7, 11) is 1.38. The van der Waals surface area contributed by atoms with Crippen LogP contribution in [0.2, 0.25) is 5.02 Å². The Bertz CT molecular complexity index is 1430. The average molecular weight is 464 g/mol. The molecule has 0 heterocycles. The van der Waals surface area contributed by atoms with Crippen LogP contribution in [0.1, 0.15) is 10.4 Å². The first-order valence-corrected chi connectivity index (χ1v) is 11.4. The smallest absolute Gasteiger partial charge is 0.338 e. The predicted molar refractivity (Wildman–Crippen MR) is 140 cm³/mol. The molecule has 166 valence electrons. The molecule has 0 N–H and O–H groups in total. The van der Waals surface area contributed by atoms with Crippen molar-refractivity contribution in [1.82, 2.24) is 0 Å². The molecule has 0 amide bonds. The molecule has 0 aliphatic rings. The van der Waals surface area contributed by atoms with Gasteiger partial charge in [-0.1, -0.05) is 84.4 Å². The first kappa shape index (κ1) is 21.7. The van der Waals surface area contributed by atoms with Crippen molar-refractivity contribution >= 4 is 45.4 Å². The molecule has 0 atom stereocenters. The van der Waals surface area contributed by atoms with Gasteiger partial charge in [-0.25, -0.2) is 4.79 Å². The molecule has 3 nitrogen and oxygen atoms in total. The summed E-state index contributed by atoms with van der Waals surface area (Å²) < 4.78 is 5.04. The SMILES string of the molecule is COC(=O)c1cc(Cl)ccc1-c1ccc(N(c2ccccc2)c2ccccc2)c2ccccc12. The van der Waals surface area contributed by atoms with Crippen molar-refractivity contribution in [3.63, 3.8) is 0 Å². The van der Waals surface area contributed by atoms with E-state index in [2.05, 4.69) is 53.4 Å². The second kappa shape index (κ2) is 9.42. The van der Waals surface area contributed by atoms with Crippen LogP contribution in [-0.2, 0) is 4.74 Å². The summed E-state index contributed by atoms with van der Waals surface area (Å²) in [6.45, 7) is 0. The lowest BCUT2D eigenvalue weighted by Gasteiger charge is -2.27. The largest absolute Gasteiger partial charge is 0.465 e. The van der Waals surface area contributed by atoms with E-state index >= 15 is 0 Å². The highest BCUT2D eigenvalue weighted by Crippen LogP contribution is 2.42. The van der Waals surface area contributed by atoms with Gasteiger partial charge in [0.2, 0.25) is 0 Å². The predicted octanol–water partition coefficient (Wildman–Crippen LogP) is 8.42. The van der Waals surface area contributed by atoms with Gasteiger partial charge in [-0.05, 0) is 59.0 Å². The van der Waals surface area contributed by atoms with Gasteiger partial charge in [0.15, 0.2) is 0 Å². The number of carbonyl (C=O) groups is 1. The summed E-state index contributed by atoms with van der Waals surface area (Å²) in [5.74, 6) is -0.416. The molecule has 0 aliphatic heterocycles. The van der Waals surface area contributed by atoms with Gasteiger partial charge in [-0.2, -0.15) is 0 Å². The standard InChI is InChI=1S/C30H22ClNO2/c1-34-30(33)28-20-21(31)16-17-26(28)25-18-19-29(27-15-9-8-14-24(25)27)32(22-10-4-2-5-11-22)23-12-6-3-7-13-23/h2-20H,1H3. The topological polar surface area (TPSA) is 29.5 Å². The monoisotopic (exact) mass is 463 g/mol. The highest BCUT2D eigenvalue weighted by atomic mass is 35.5. The van der Waals surface area contributed by atoms with Crippen LogP contribution in [0.25, 0.3) is 21.9 Å².